The van der Waals surface area contributed by atoms with E-state index in [0.717, 1.165) is 7.11 Å². The second kappa shape index (κ2) is 4.05. The first kappa shape index (κ1) is 11.0. The summed E-state index contributed by atoms with van der Waals surface area (Å²) in [6, 6.07) is 0. The molecular formula is CH6CaO4S. The Morgan fingerprint density at radius 3 is 1.71 bits per heavy atom. The van der Waals surface area contributed by atoms with Gasteiger partial charge >= 0.3 is 48.1 Å². The molecule has 0 aromatic rings. The summed E-state index contributed by atoms with van der Waals surface area (Å²) < 4.78 is 29.7. The van der Waals surface area contributed by atoms with E-state index >= 15 is 0 Å². The molecule has 0 spiro atoms. The summed E-state index contributed by atoms with van der Waals surface area (Å²) in [5.41, 5.74) is 0. The van der Waals surface area contributed by atoms with E-state index < -0.39 is 10.4 Å². The molecule has 0 fully saturated rings. The van der Waals surface area contributed by atoms with Gasteiger partial charge in [0.05, 0.1) is 7.11 Å². The van der Waals surface area contributed by atoms with Crippen molar-refractivity contribution in [3.05, 3.63) is 0 Å². The van der Waals surface area contributed by atoms with Crippen molar-refractivity contribution >= 4 is 48.1 Å². The Morgan fingerprint density at radius 2 is 1.71 bits per heavy atom. The third kappa shape index (κ3) is 11.0. The zero-order valence-electron chi connectivity index (χ0n) is 3.08. The van der Waals surface area contributed by atoms with Crippen LogP contribution >= 0.6 is 0 Å². The van der Waals surface area contributed by atoms with E-state index in [1.807, 2.05) is 0 Å². The fraction of sp³-hybridized carbons (Fsp3) is 1.00. The average molecular weight is 154 g/mol. The van der Waals surface area contributed by atoms with Crippen LogP contribution < -0.4 is 0 Å². The van der Waals surface area contributed by atoms with Gasteiger partial charge in [-0.05, 0) is 0 Å². The molecule has 0 saturated carbocycles. The Hall–Kier alpha value is 1.13. The van der Waals surface area contributed by atoms with Crippen molar-refractivity contribution in [3.8, 4) is 0 Å². The van der Waals surface area contributed by atoms with Crippen molar-refractivity contribution in [2.75, 3.05) is 7.11 Å². The van der Waals surface area contributed by atoms with Crippen molar-refractivity contribution in [2.45, 2.75) is 0 Å². The zero-order chi connectivity index (χ0) is 5.21. The normalized spacial score (nSPS) is 10.0. The molecule has 0 aromatic heterocycles. The quantitative estimate of drug-likeness (QED) is 0.369. The van der Waals surface area contributed by atoms with Gasteiger partial charge < -0.3 is 0 Å². The number of rotatable bonds is 1. The maximum absolute atomic E-state index is 9.33. The molecule has 4 nitrogen and oxygen atoms in total. The summed E-state index contributed by atoms with van der Waals surface area (Å²) >= 11 is 0. The van der Waals surface area contributed by atoms with E-state index in [-0.39, 0.29) is 37.7 Å². The van der Waals surface area contributed by atoms with Crippen LogP contribution in [0.3, 0.4) is 0 Å². The van der Waals surface area contributed by atoms with E-state index in [1.54, 1.807) is 0 Å². The summed E-state index contributed by atoms with van der Waals surface area (Å²) in [6.07, 6.45) is 0. The summed E-state index contributed by atoms with van der Waals surface area (Å²) in [7, 11) is -3.29. The summed E-state index contributed by atoms with van der Waals surface area (Å²) in [6.45, 7) is 0. The van der Waals surface area contributed by atoms with Gasteiger partial charge in [-0.15, -0.1) is 0 Å². The Kier molecular flexibility index (Phi) is 6.37. The van der Waals surface area contributed by atoms with E-state index in [2.05, 4.69) is 4.18 Å². The van der Waals surface area contributed by atoms with Crippen molar-refractivity contribution in [2.24, 2.45) is 0 Å². The molecule has 7 heavy (non-hydrogen) atoms. The van der Waals surface area contributed by atoms with E-state index in [0.29, 0.717) is 0 Å². The monoisotopic (exact) mass is 154 g/mol. The van der Waals surface area contributed by atoms with Crippen LogP contribution in [0.5, 0.6) is 0 Å². The third-order valence-corrected chi connectivity index (χ3v) is 0.632. The van der Waals surface area contributed by atoms with Crippen LogP contribution in [-0.4, -0.2) is 57.8 Å². The molecule has 0 saturated heterocycles. The van der Waals surface area contributed by atoms with Gasteiger partial charge in [0.15, 0.2) is 0 Å². The van der Waals surface area contributed by atoms with Gasteiger partial charge in [-0.3, -0.25) is 8.74 Å². The van der Waals surface area contributed by atoms with Crippen LogP contribution in [0.15, 0.2) is 0 Å². The Morgan fingerprint density at radius 1 is 1.57 bits per heavy atom. The van der Waals surface area contributed by atoms with Crippen LogP contribution in [0.4, 0.5) is 0 Å². The molecule has 0 aliphatic rings. The molecule has 0 radical (unpaired) electrons. The standard InChI is InChI=1S/CH4O4S.Ca.2H/c1-5-6(2,3)4;;;/h1H3,(H,2,3,4);;;. The Balaban J connectivity index is 0. The molecule has 0 amide bonds. The van der Waals surface area contributed by atoms with Crippen molar-refractivity contribution in [1.82, 2.24) is 0 Å². The predicted molar refractivity (Wildman–Crippen MR) is 27.1 cm³/mol. The molecule has 0 aliphatic carbocycles. The van der Waals surface area contributed by atoms with Gasteiger partial charge in [0.2, 0.25) is 0 Å². The second-order valence-electron chi connectivity index (χ2n) is 0.594. The SMILES string of the molecule is COS(=O)(=O)O.[CaH2]. The topological polar surface area (TPSA) is 63.6 Å². The van der Waals surface area contributed by atoms with Crippen molar-refractivity contribution in [1.29, 1.82) is 0 Å². The van der Waals surface area contributed by atoms with E-state index in [4.69, 9.17) is 4.55 Å². The van der Waals surface area contributed by atoms with Crippen molar-refractivity contribution < 1.29 is 17.2 Å². The molecule has 0 unspecified atom stereocenters. The zero-order valence-corrected chi connectivity index (χ0v) is 3.90. The number of hydrogen-bond acceptors (Lipinski definition) is 3. The first-order chi connectivity index (χ1) is 2.56. The van der Waals surface area contributed by atoms with Gasteiger partial charge in [-0.25, -0.2) is 0 Å². The van der Waals surface area contributed by atoms with Crippen LogP contribution in [0.1, 0.15) is 0 Å². The van der Waals surface area contributed by atoms with Gasteiger partial charge in [-0.1, -0.05) is 0 Å². The maximum atomic E-state index is 9.33. The van der Waals surface area contributed by atoms with Crippen LogP contribution in [0.25, 0.3) is 0 Å². The van der Waals surface area contributed by atoms with E-state index in [1.165, 1.54) is 0 Å². The molecule has 42 valence electrons. The van der Waals surface area contributed by atoms with Gasteiger partial charge in [0, 0.05) is 0 Å². The van der Waals surface area contributed by atoms with Gasteiger partial charge in [0.25, 0.3) is 0 Å². The third-order valence-electron chi connectivity index (χ3n) is 0.211. The fourth-order valence-corrected chi connectivity index (χ4v) is 0. The average Bonchev–Trinajstić information content (AvgIpc) is 1.35. The molecule has 0 rings (SSSR count). The van der Waals surface area contributed by atoms with Gasteiger partial charge in [-0.2, -0.15) is 8.42 Å². The molecule has 0 atom stereocenters. The molecule has 0 aromatic carbocycles. The minimum absolute atomic E-state index is 0. The van der Waals surface area contributed by atoms with Crippen LogP contribution in [-0.2, 0) is 14.6 Å². The Bertz CT molecular complexity index is 114. The first-order valence-corrected chi connectivity index (χ1v) is 2.46. The van der Waals surface area contributed by atoms with Crippen molar-refractivity contribution in [3.63, 3.8) is 0 Å². The molecule has 0 bridgehead atoms. The fourth-order valence-electron chi connectivity index (χ4n) is 0. The Labute approximate surface area is 71.8 Å². The number of hydrogen-bond donors (Lipinski definition) is 1. The molecule has 6 heteroatoms. The van der Waals surface area contributed by atoms with E-state index in [9.17, 15) is 8.42 Å². The summed E-state index contributed by atoms with van der Waals surface area (Å²) in [4.78, 5) is 0. The summed E-state index contributed by atoms with van der Waals surface area (Å²) in [5.74, 6) is 0. The minimum atomic E-state index is -4.16. The molecule has 0 heterocycles. The molecule has 0 aliphatic heterocycles. The molecular weight excluding hydrogens is 148 g/mol. The summed E-state index contributed by atoms with van der Waals surface area (Å²) in [5, 5.41) is 0. The van der Waals surface area contributed by atoms with Crippen LogP contribution in [0, 0.1) is 0 Å². The van der Waals surface area contributed by atoms with Gasteiger partial charge in [0.1, 0.15) is 0 Å². The second-order valence-corrected chi connectivity index (χ2v) is 1.78. The first-order valence-electron chi connectivity index (χ1n) is 1.09. The van der Waals surface area contributed by atoms with Crippen LogP contribution in [0.2, 0.25) is 0 Å². The molecule has 1 N–H and O–H groups in total. The predicted octanol–water partition coefficient (Wildman–Crippen LogP) is -1.48.